The molecule has 2 radical (unpaired) electrons. The third-order valence-corrected chi connectivity index (χ3v) is 1.35. The number of unbranched alkanes of at least 4 members (excludes halogenated alkanes) is 3. The molecule has 2 heteroatoms. The Morgan fingerprint density at radius 3 is 2.50 bits per heavy atom. The largest absolute Gasteiger partial charge is 0.516 e. The molecule has 0 atom stereocenters. The SMILES string of the molecule is CCCCCC[O][Al]. The fourth-order valence-electron chi connectivity index (χ4n) is 0.612. The zero-order valence-corrected chi connectivity index (χ0v) is 6.68. The quantitative estimate of drug-likeness (QED) is 0.404. The summed E-state index contributed by atoms with van der Waals surface area (Å²) < 4.78 is 4.81. The van der Waals surface area contributed by atoms with Crippen molar-refractivity contribution in [3.8, 4) is 0 Å². The second-order valence-corrected chi connectivity index (χ2v) is 2.26. The molecule has 0 aliphatic carbocycles. The van der Waals surface area contributed by atoms with Crippen molar-refractivity contribution >= 4 is 16.6 Å². The Hall–Kier alpha value is 0.492. The highest BCUT2D eigenvalue weighted by Crippen LogP contribution is 1.97. The van der Waals surface area contributed by atoms with E-state index in [1.807, 2.05) is 0 Å². The Balaban J connectivity index is 2.53. The molecule has 0 saturated carbocycles. The summed E-state index contributed by atoms with van der Waals surface area (Å²) in [6.45, 7) is 3.10. The minimum absolute atomic E-state index is 0.894. The van der Waals surface area contributed by atoms with Gasteiger partial charge in [-0.05, 0) is 6.42 Å². The van der Waals surface area contributed by atoms with Crippen LogP contribution in [-0.2, 0) is 3.79 Å². The van der Waals surface area contributed by atoms with Crippen LogP contribution in [0.5, 0.6) is 0 Å². The molecule has 0 aromatic rings. The third-order valence-electron chi connectivity index (χ3n) is 1.12. The summed E-state index contributed by atoms with van der Waals surface area (Å²) in [5, 5.41) is 0. The Kier molecular flexibility index (Phi) is 7.95. The van der Waals surface area contributed by atoms with Crippen molar-refractivity contribution in [1.29, 1.82) is 0 Å². The van der Waals surface area contributed by atoms with Gasteiger partial charge in [-0.2, -0.15) is 0 Å². The van der Waals surface area contributed by atoms with Crippen molar-refractivity contribution in [3.63, 3.8) is 0 Å². The fraction of sp³-hybridized carbons (Fsp3) is 1.00. The number of hydrogen-bond acceptors (Lipinski definition) is 1. The van der Waals surface area contributed by atoms with Gasteiger partial charge in [0.15, 0.2) is 0 Å². The highest BCUT2D eigenvalue weighted by atomic mass is 27.1. The second kappa shape index (κ2) is 7.49. The van der Waals surface area contributed by atoms with Gasteiger partial charge in [0.05, 0.1) is 0 Å². The number of rotatable bonds is 5. The lowest BCUT2D eigenvalue weighted by Gasteiger charge is -1.96. The molecule has 0 aliphatic rings. The zero-order valence-electron chi connectivity index (χ0n) is 5.52. The van der Waals surface area contributed by atoms with Crippen LogP contribution >= 0.6 is 0 Å². The molecular weight excluding hydrogens is 115 g/mol. The molecule has 0 aromatic heterocycles. The van der Waals surface area contributed by atoms with Gasteiger partial charge in [0.2, 0.25) is 0 Å². The summed E-state index contributed by atoms with van der Waals surface area (Å²) >= 11 is 2.27. The minimum Gasteiger partial charge on any atom is -0.516 e. The molecule has 8 heavy (non-hydrogen) atoms. The molecule has 0 rings (SSSR count). The lowest BCUT2D eigenvalue weighted by molar-refractivity contribution is 0.334. The van der Waals surface area contributed by atoms with Gasteiger partial charge in [-0.15, -0.1) is 0 Å². The fourth-order valence-corrected chi connectivity index (χ4v) is 0.779. The molecule has 1 nitrogen and oxygen atoms in total. The zero-order chi connectivity index (χ0) is 6.24. The third kappa shape index (κ3) is 6.49. The molecule has 0 aliphatic heterocycles. The van der Waals surface area contributed by atoms with Gasteiger partial charge in [-0.3, -0.25) is 0 Å². The first-order valence-electron chi connectivity index (χ1n) is 3.23. The maximum Gasteiger partial charge on any atom is 0.369 e. The topological polar surface area (TPSA) is 9.23 Å². The van der Waals surface area contributed by atoms with E-state index in [9.17, 15) is 0 Å². The van der Waals surface area contributed by atoms with E-state index in [1.54, 1.807) is 0 Å². The first kappa shape index (κ1) is 8.49. The van der Waals surface area contributed by atoms with Crippen LogP contribution in [0.1, 0.15) is 32.6 Å². The van der Waals surface area contributed by atoms with E-state index in [4.69, 9.17) is 3.79 Å². The van der Waals surface area contributed by atoms with Crippen LogP contribution in [0.25, 0.3) is 0 Å². The second-order valence-electron chi connectivity index (χ2n) is 1.93. The van der Waals surface area contributed by atoms with Crippen LogP contribution < -0.4 is 0 Å². The summed E-state index contributed by atoms with van der Waals surface area (Å²) in [7, 11) is 0. The first-order valence-corrected chi connectivity index (χ1v) is 3.70. The van der Waals surface area contributed by atoms with Crippen molar-refractivity contribution in [3.05, 3.63) is 0 Å². The van der Waals surface area contributed by atoms with Gasteiger partial charge >= 0.3 is 16.6 Å². The molecule has 0 amide bonds. The van der Waals surface area contributed by atoms with E-state index in [-0.39, 0.29) is 0 Å². The summed E-state index contributed by atoms with van der Waals surface area (Å²) in [5.74, 6) is 0. The van der Waals surface area contributed by atoms with Crippen molar-refractivity contribution in [1.82, 2.24) is 0 Å². The Morgan fingerprint density at radius 2 is 2.00 bits per heavy atom. The average molecular weight is 128 g/mol. The summed E-state index contributed by atoms with van der Waals surface area (Å²) in [6, 6.07) is 0. The highest BCUT2D eigenvalue weighted by molar-refractivity contribution is 5.97. The maximum atomic E-state index is 4.81. The number of hydrogen-bond donors (Lipinski definition) is 0. The van der Waals surface area contributed by atoms with E-state index in [1.165, 1.54) is 25.7 Å². The van der Waals surface area contributed by atoms with Gasteiger partial charge < -0.3 is 3.79 Å². The van der Waals surface area contributed by atoms with Gasteiger partial charge in [0.25, 0.3) is 0 Å². The van der Waals surface area contributed by atoms with E-state index < -0.39 is 0 Å². The van der Waals surface area contributed by atoms with E-state index in [0.29, 0.717) is 0 Å². The summed E-state index contributed by atoms with van der Waals surface area (Å²) in [6.07, 6.45) is 5.16. The lowest BCUT2D eigenvalue weighted by Crippen LogP contribution is -1.88. The summed E-state index contributed by atoms with van der Waals surface area (Å²) in [4.78, 5) is 0. The molecule has 0 spiro atoms. The molecule has 0 bridgehead atoms. The molecule has 46 valence electrons. The van der Waals surface area contributed by atoms with Crippen LogP contribution in [0.15, 0.2) is 0 Å². The standard InChI is InChI=1S/C6H13O.Al/c1-2-3-4-5-6-7;/h2-6H2,1H3;/q-1;+1. The first-order chi connectivity index (χ1) is 3.91. The lowest BCUT2D eigenvalue weighted by atomic mass is 10.2. The maximum absolute atomic E-state index is 4.81. The summed E-state index contributed by atoms with van der Waals surface area (Å²) in [5.41, 5.74) is 0. The highest BCUT2D eigenvalue weighted by Gasteiger charge is 1.82. The van der Waals surface area contributed by atoms with Gasteiger partial charge in [-0.25, -0.2) is 0 Å². The minimum atomic E-state index is 0.894. The van der Waals surface area contributed by atoms with Crippen LogP contribution in [0, 0.1) is 0 Å². The van der Waals surface area contributed by atoms with Gasteiger partial charge in [0, 0.05) is 6.61 Å². The molecule has 0 saturated heterocycles. The van der Waals surface area contributed by atoms with E-state index in [0.717, 1.165) is 6.61 Å². The Bertz CT molecular complexity index is 33.5. The van der Waals surface area contributed by atoms with Crippen LogP contribution in [0.2, 0.25) is 0 Å². The smallest absolute Gasteiger partial charge is 0.369 e. The monoisotopic (exact) mass is 128 g/mol. The predicted molar refractivity (Wildman–Crippen MR) is 35.8 cm³/mol. The molecular formula is C6H13AlO. The predicted octanol–water partition coefficient (Wildman–Crippen LogP) is 1.67. The van der Waals surface area contributed by atoms with Crippen molar-refractivity contribution < 1.29 is 3.79 Å². The van der Waals surface area contributed by atoms with Gasteiger partial charge in [-0.1, -0.05) is 26.2 Å². The average Bonchev–Trinajstić information content (AvgIpc) is 1.81. The van der Waals surface area contributed by atoms with Crippen LogP contribution in [0.3, 0.4) is 0 Å². The van der Waals surface area contributed by atoms with Crippen molar-refractivity contribution in [2.24, 2.45) is 0 Å². The molecule has 0 heterocycles. The van der Waals surface area contributed by atoms with Gasteiger partial charge in [0.1, 0.15) is 0 Å². The van der Waals surface area contributed by atoms with Crippen LogP contribution in [0.4, 0.5) is 0 Å². The Morgan fingerprint density at radius 1 is 1.25 bits per heavy atom. The van der Waals surface area contributed by atoms with E-state index in [2.05, 4.69) is 23.5 Å². The molecule has 0 N–H and O–H groups in total. The molecule has 0 fully saturated rings. The molecule has 0 aromatic carbocycles. The normalized spacial score (nSPS) is 9.62. The Labute approximate surface area is 60.2 Å². The van der Waals surface area contributed by atoms with E-state index >= 15 is 0 Å². The van der Waals surface area contributed by atoms with Crippen LogP contribution in [-0.4, -0.2) is 23.2 Å². The molecule has 0 unspecified atom stereocenters. The van der Waals surface area contributed by atoms with Crippen molar-refractivity contribution in [2.45, 2.75) is 32.6 Å². The van der Waals surface area contributed by atoms with Crippen molar-refractivity contribution in [2.75, 3.05) is 6.61 Å².